The van der Waals surface area contributed by atoms with Gasteiger partial charge in [0.2, 0.25) is 11.9 Å². The van der Waals surface area contributed by atoms with E-state index in [-0.39, 0.29) is 29.8 Å². The van der Waals surface area contributed by atoms with Gasteiger partial charge < -0.3 is 24.8 Å². The minimum absolute atomic E-state index is 0.00470. The van der Waals surface area contributed by atoms with Gasteiger partial charge in [-0.15, -0.1) is 0 Å². The Morgan fingerprint density at radius 2 is 1.66 bits per heavy atom. The van der Waals surface area contributed by atoms with Gasteiger partial charge in [-0.2, -0.15) is 28.1 Å². The van der Waals surface area contributed by atoms with E-state index in [1.807, 2.05) is 24.3 Å². The number of nitrogens with zero attached hydrogens (tertiary/aromatic N) is 3. The van der Waals surface area contributed by atoms with E-state index in [9.17, 15) is 18.0 Å². The summed E-state index contributed by atoms with van der Waals surface area (Å²) in [6.45, 7) is -0.349. The SMILES string of the molecule is O=C(Cl)c1ccc2cc1OCCCCCCOc1ccc(cc1)CNc1nc(nc(OCC(F)(F)F)n1)N2. The van der Waals surface area contributed by atoms with Gasteiger partial charge in [-0.3, -0.25) is 4.79 Å². The molecule has 9 nitrogen and oxygen atoms in total. The van der Waals surface area contributed by atoms with Crippen LogP contribution in [0.4, 0.5) is 30.8 Å². The van der Waals surface area contributed by atoms with Crippen LogP contribution in [0.25, 0.3) is 0 Å². The molecule has 2 N–H and O–H groups in total. The van der Waals surface area contributed by atoms with Crippen molar-refractivity contribution in [1.29, 1.82) is 0 Å². The zero-order chi connectivity index (χ0) is 27.0. The lowest BCUT2D eigenvalue weighted by molar-refractivity contribution is -0.154. The van der Waals surface area contributed by atoms with Crippen molar-refractivity contribution in [1.82, 2.24) is 15.0 Å². The zero-order valence-corrected chi connectivity index (χ0v) is 20.9. The Bertz CT molecular complexity index is 1240. The molecule has 0 atom stereocenters. The first-order chi connectivity index (χ1) is 18.2. The Kier molecular flexibility index (Phi) is 9.06. The fourth-order valence-corrected chi connectivity index (χ4v) is 3.68. The molecular formula is C25H25ClF3N5O4. The Hall–Kier alpha value is -3.80. The minimum atomic E-state index is -4.57. The van der Waals surface area contributed by atoms with Crippen LogP contribution in [-0.2, 0) is 6.54 Å². The number of nitrogens with one attached hydrogen (secondary N) is 2. The molecule has 38 heavy (non-hydrogen) atoms. The van der Waals surface area contributed by atoms with Gasteiger partial charge in [0.15, 0.2) is 6.61 Å². The molecule has 0 aliphatic carbocycles. The normalized spacial score (nSPS) is 14.6. The number of hydrogen-bond donors (Lipinski definition) is 2. The van der Waals surface area contributed by atoms with Crippen LogP contribution in [0.15, 0.2) is 42.5 Å². The lowest BCUT2D eigenvalue weighted by atomic mass is 10.2. The summed E-state index contributed by atoms with van der Waals surface area (Å²) < 4.78 is 54.6. The first kappa shape index (κ1) is 27.2. The number of fused-ring (bicyclic) bond motifs is 10. The van der Waals surface area contributed by atoms with Crippen molar-refractivity contribution in [3.8, 4) is 17.5 Å². The number of carbonyl (C=O) groups excluding carboxylic acids is 1. The van der Waals surface area contributed by atoms with Crippen molar-refractivity contribution in [2.45, 2.75) is 38.4 Å². The molecule has 0 fully saturated rings. The first-order valence-electron chi connectivity index (χ1n) is 11.9. The zero-order valence-electron chi connectivity index (χ0n) is 20.2. The van der Waals surface area contributed by atoms with Gasteiger partial charge in [0.05, 0.1) is 18.8 Å². The van der Waals surface area contributed by atoms with Crippen molar-refractivity contribution in [3.63, 3.8) is 0 Å². The highest BCUT2D eigenvalue weighted by molar-refractivity contribution is 6.68. The van der Waals surface area contributed by atoms with Gasteiger partial charge in [0.1, 0.15) is 11.5 Å². The molecule has 2 aliphatic heterocycles. The molecule has 0 saturated heterocycles. The van der Waals surface area contributed by atoms with Crippen LogP contribution in [0.5, 0.6) is 17.5 Å². The van der Waals surface area contributed by atoms with Crippen molar-refractivity contribution in [2.24, 2.45) is 0 Å². The van der Waals surface area contributed by atoms with Crippen LogP contribution < -0.4 is 24.8 Å². The number of alkyl halides is 3. The molecule has 3 heterocycles. The topological polar surface area (TPSA) is 107 Å². The molecule has 0 radical (unpaired) electrons. The van der Waals surface area contributed by atoms with Gasteiger partial charge in [-0.25, -0.2) is 0 Å². The first-order valence-corrected chi connectivity index (χ1v) is 12.3. The van der Waals surface area contributed by atoms with Crippen LogP contribution in [0.3, 0.4) is 0 Å². The van der Waals surface area contributed by atoms with Crippen LogP contribution in [0.1, 0.15) is 41.6 Å². The highest BCUT2D eigenvalue weighted by atomic mass is 35.5. The molecule has 2 aliphatic rings. The standard InChI is InChI=1S/C25H25ClF3N5O4/c26-21(35)19-10-7-17-13-20(19)37-12-4-2-1-3-11-36-18-8-5-16(6-9-18)14-30-22-32-23(31-17)34-24(33-22)38-15-25(27,28)29/h5-10,13H,1-4,11-12,14-15H2,(H2,30,31,32,33,34). The highest BCUT2D eigenvalue weighted by Gasteiger charge is 2.29. The summed E-state index contributed by atoms with van der Waals surface area (Å²) in [5.74, 6) is 0.904. The number of benzene rings is 2. The van der Waals surface area contributed by atoms with Gasteiger partial charge in [-0.1, -0.05) is 12.1 Å². The Balaban J connectivity index is 1.63. The van der Waals surface area contributed by atoms with Crippen molar-refractivity contribution in [2.75, 3.05) is 30.5 Å². The maximum atomic E-state index is 12.7. The Morgan fingerprint density at radius 1 is 0.947 bits per heavy atom. The molecule has 1 aromatic heterocycles. The van der Waals surface area contributed by atoms with Crippen LogP contribution in [0.2, 0.25) is 0 Å². The molecule has 2 aromatic carbocycles. The van der Waals surface area contributed by atoms with E-state index in [1.54, 1.807) is 12.1 Å². The van der Waals surface area contributed by atoms with Crippen molar-refractivity contribution >= 4 is 34.4 Å². The van der Waals surface area contributed by atoms with Crippen LogP contribution >= 0.6 is 11.6 Å². The molecule has 6 bridgehead atoms. The summed E-state index contributed by atoms with van der Waals surface area (Å²) in [7, 11) is 0. The number of rotatable bonds is 3. The third kappa shape index (κ3) is 8.37. The van der Waals surface area contributed by atoms with E-state index >= 15 is 0 Å². The monoisotopic (exact) mass is 551 g/mol. The predicted octanol–water partition coefficient (Wildman–Crippen LogP) is 5.88. The van der Waals surface area contributed by atoms with Gasteiger partial charge in [-0.05, 0) is 67.1 Å². The smallest absolute Gasteiger partial charge is 0.422 e. The molecule has 3 aromatic rings. The maximum absolute atomic E-state index is 12.7. The molecule has 0 unspecified atom stereocenters. The minimum Gasteiger partial charge on any atom is -0.494 e. The summed E-state index contributed by atoms with van der Waals surface area (Å²) in [5, 5.41) is 5.18. The van der Waals surface area contributed by atoms with Gasteiger partial charge in [0.25, 0.3) is 5.24 Å². The van der Waals surface area contributed by atoms with E-state index in [2.05, 4.69) is 25.6 Å². The van der Waals surface area contributed by atoms with E-state index in [0.717, 1.165) is 37.0 Å². The van der Waals surface area contributed by atoms with Crippen molar-refractivity contribution in [3.05, 3.63) is 53.6 Å². The third-order valence-electron chi connectivity index (χ3n) is 5.37. The molecule has 5 rings (SSSR count). The molecule has 0 amide bonds. The highest BCUT2D eigenvalue weighted by Crippen LogP contribution is 2.28. The molecule has 0 saturated carbocycles. The van der Waals surface area contributed by atoms with E-state index in [4.69, 9.17) is 25.8 Å². The largest absolute Gasteiger partial charge is 0.494 e. The van der Waals surface area contributed by atoms with Crippen LogP contribution in [-0.4, -0.2) is 46.2 Å². The summed E-state index contributed by atoms with van der Waals surface area (Å²) in [5.41, 5.74) is 1.47. The quantitative estimate of drug-likeness (QED) is 0.386. The number of carbonyl (C=O) groups is 1. The second kappa shape index (κ2) is 12.6. The molecular weight excluding hydrogens is 527 g/mol. The number of aromatic nitrogens is 3. The summed E-state index contributed by atoms with van der Waals surface area (Å²) >= 11 is 5.71. The fraction of sp³-hybridized carbons (Fsp3) is 0.360. The third-order valence-corrected chi connectivity index (χ3v) is 5.57. The van der Waals surface area contributed by atoms with E-state index < -0.39 is 24.0 Å². The van der Waals surface area contributed by atoms with Crippen molar-refractivity contribution < 1.29 is 32.2 Å². The average molecular weight is 552 g/mol. The second-order valence-electron chi connectivity index (χ2n) is 8.39. The van der Waals surface area contributed by atoms with Gasteiger partial charge >= 0.3 is 12.2 Å². The lowest BCUT2D eigenvalue weighted by Gasteiger charge is -2.14. The molecule has 202 valence electrons. The Labute approximate surface area is 221 Å². The summed E-state index contributed by atoms with van der Waals surface area (Å²) in [4.78, 5) is 24.0. The Morgan fingerprint density at radius 3 is 2.37 bits per heavy atom. The second-order valence-corrected chi connectivity index (χ2v) is 8.73. The maximum Gasteiger partial charge on any atom is 0.422 e. The number of hydrogen-bond acceptors (Lipinski definition) is 9. The lowest BCUT2D eigenvalue weighted by Crippen LogP contribution is -2.21. The predicted molar refractivity (Wildman–Crippen MR) is 135 cm³/mol. The van der Waals surface area contributed by atoms with Crippen LogP contribution in [0, 0.1) is 0 Å². The summed E-state index contributed by atoms with van der Waals surface area (Å²) in [6, 6.07) is 11.5. The molecule has 13 heteroatoms. The number of anilines is 3. The van der Waals surface area contributed by atoms with Gasteiger partial charge in [0, 0.05) is 18.3 Å². The fourth-order valence-electron chi connectivity index (χ4n) is 3.53. The molecule has 0 spiro atoms. The summed E-state index contributed by atoms with van der Waals surface area (Å²) in [6.07, 6.45) is -1.08. The van der Waals surface area contributed by atoms with E-state index in [1.165, 1.54) is 6.07 Å². The number of ether oxygens (including phenoxy) is 3. The number of halogens is 4. The average Bonchev–Trinajstić information content (AvgIpc) is 2.87. The van der Waals surface area contributed by atoms with E-state index in [0.29, 0.717) is 18.9 Å².